The lowest BCUT2D eigenvalue weighted by Gasteiger charge is -2.31. The van der Waals surface area contributed by atoms with Crippen LogP contribution < -0.4 is 10.6 Å². The van der Waals surface area contributed by atoms with Crippen molar-refractivity contribution in [3.8, 4) is 0 Å². The van der Waals surface area contributed by atoms with Gasteiger partial charge in [-0.05, 0) is 55.0 Å². The maximum atomic E-state index is 12.2. The number of aromatic nitrogens is 3. The van der Waals surface area contributed by atoms with Crippen molar-refractivity contribution in [1.29, 1.82) is 0 Å². The summed E-state index contributed by atoms with van der Waals surface area (Å²) in [5.41, 5.74) is 0.825. The first-order valence-electron chi connectivity index (χ1n) is 7.27. The van der Waals surface area contributed by atoms with Gasteiger partial charge in [-0.1, -0.05) is 6.92 Å². The number of carbonyl (C=O) groups is 1. The first-order chi connectivity index (χ1) is 10.6. The Hall–Kier alpha value is -1.86. The molecule has 1 unspecified atom stereocenters. The van der Waals surface area contributed by atoms with Crippen molar-refractivity contribution in [2.45, 2.75) is 17.0 Å². The highest BCUT2D eigenvalue weighted by molar-refractivity contribution is 7.99. The molecule has 7 heteroatoms. The topological polar surface area (TPSA) is 71.8 Å². The van der Waals surface area contributed by atoms with E-state index in [0.717, 1.165) is 28.8 Å². The zero-order valence-corrected chi connectivity index (χ0v) is 13.4. The van der Waals surface area contributed by atoms with Crippen LogP contribution in [0.1, 0.15) is 6.92 Å². The lowest BCUT2D eigenvalue weighted by Crippen LogP contribution is -2.48. The van der Waals surface area contributed by atoms with Crippen molar-refractivity contribution in [2.75, 3.05) is 18.4 Å². The van der Waals surface area contributed by atoms with Crippen LogP contribution in [0.15, 0.2) is 40.6 Å². The van der Waals surface area contributed by atoms with Crippen LogP contribution in [0.4, 0.5) is 5.69 Å². The summed E-state index contributed by atoms with van der Waals surface area (Å²) in [6.07, 6.45) is 1.67. The molecule has 116 valence electrons. The van der Waals surface area contributed by atoms with Gasteiger partial charge in [0, 0.05) is 23.5 Å². The van der Waals surface area contributed by atoms with E-state index < -0.39 is 0 Å². The van der Waals surface area contributed by atoms with Gasteiger partial charge in [-0.3, -0.25) is 4.79 Å². The summed E-state index contributed by atoms with van der Waals surface area (Å²) >= 11 is 1.54. The van der Waals surface area contributed by atoms with E-state index in [1.54, 1.807) is 18.1 Å². The monoisotopic (exact) mass is 317 g/mol. The average molecular weight is 317 g/mol. The van der Waals surface area contributed by atoms with Crippen molar-refractivity contribution < 1.29 is 4.79 Å². The number of benzene rings is 1. The summed E-state index contributed by atoms with van der Waals surface area (Å²) in [4.78, 5) is 13.2. The average Bonchev–Trinajstić information content (AvgIpc) is 2.84. The van der Waals surface area contributed by atoms with Crippen LogP contribution in [0.2, 0.25) is 0 Å². The van der Waals surface area contributed by atoms with Gasteiger partial charge in [0.2, 0.25) is 5.91 Å². The molecule has 0 radical (unpaired) electrons. The molecule has 1 atom stereocenters. The number of aryl methyl sites for hydroxylation is 1. The molecule has 1 fully saturated rings. The minimum atomic E-state index is 0.0361. The summed E-state index contributed by atoms with van der Waals surface area (Å²) in [5, 5.41) is 14.9. The van der Waals surface area contributed by atoms with Crippen LogP contribution in [0, 0.1) is 11.8 Å². The molecule has 0 saturated carbocycles. The highest BCUT2D eigenvalue weighted by atomic mass is 32.2. The van der Waals surface area contributed by atoms with Gasteiger partial charge in [0.05, 0.1) is 0 Å². The van der Waals surface area contributed by atoms with E-state index in [0.29, 0.717) is 5.92 Å². The second-order valence-corrected chi connectivity index (χ2v) is 6.59. The van der Waals surface area contributed by atoms with Gasteiger partial charge in [-0.25, -0.2) is 0 Å². The fourth-order valence-corrected chi connectivity index (χ4v) is 2.97. The Labute approximate surface area is 133 Å². The highest BCUT2D eigenvalue weighted by Crippen LogP contribution is 2.26. The first-order valence-corrected chi connectivity index (χ1v) is 8.08. The number of amides is 1. The fourth-order valence-electron chi connectivity index (χ4n) is 2.21. The molecular weight excluding hydrogens is 298 g/mol. The third-order valence-corrected chi connectivity index (χ3v) is 4.99. The minimum Gasteiger partial charge on any atom is -0.326 e. The molecule has 2 heterocycles. The number of nitrogens with zero attached hydrogens (tertiary/aromatic N) is 3. The van der Waals surface area contributed by atoms with Crippen molar-refractivity contribution in [2.24, 2.45) is 18.9 Å². The van der Waals surface area contributed by atoms with Gasteiger partial charge in [0.1, 0.15) is 6.33 Å². The molecule has 1 amide bonds. The van der Waals surface area contributed by atoms with E-state index >= 15 is 0 Å². The third-order valence-electron chi connectivity index (χ3n) is 3.93. The van der Waals surface area contributed by atoms with Crippen LogP contribution in [0.5, 0.6) is 0 Å². The number of rotatable bonds is 5. The predicted octanol–water partition coefficient (Wildman–Crippen LogP) is 1.76. The van der Waals surface area contributed by atoms with E-state index in [2.05, 4.69) is 20.8 Å². The Morgan fingerprint density at radius 3 is 2.68 bits per heavy atom. The molecule has 1 aliphatic heterocycles. The van der Waals surface area contributed by atoms with Gasteiger partial charge in [0.15, 0.2) is 5.16 Å². The molecule has 3 rings (SSSR count). The number of carbonyl (C=O) groups excluding carboxylic acids is 1. The molecule has 1 aromatic heterocycles. The third kappa shape index (κ3) is 3.31. The Morgan fingerprint density at radius 2 is 2.14 bits per heavy atom. The molecule has 1 aliphatic rings. The van der Waals surface area contributed by atoms with E-state index in [1.807, 2.05) is 42.8 Å². The van der Waals surface area contributed by atoms with Gasteiger partial charge >= 0.3 is 0 Å². The number of hydrogen-bond acceptors (Lipinski definition) is 5. The van der Waals surface area contributed by atoms with Crippen molar-refractivity contribution >= 4 is 23.4 Å². The van der Waals surface area contributed by atoms with Crippen LogP contribution in [-0.4, -0.2) is 33.8 Å². The lowest BCUT2D eigenvalue weighted by atomic mass is 9.88. The second kappa shape index (κ2) is 6.50. The largest absolute Gasteiger partial charge is 0.326 e. The second-order valence-electron chi connectivity index (χ2n) is 5.55. The first kappa shape index (κ1) is 15.1. The van der Waals surface area contributed by atoms with Crippen LogP contribution in [0.25, 0.3) is 0 Å². The molecule has 22 heavy (non-hydrogen) atoms. The maximum absolute atomic E-state index is 12.2. The van der Waals surface area contributed by atoms with Crippen molar-refractivity contribution in [1.82, 2.24) is 20.1 Å². The molecule has 6 nitrogen and oxygen atoms in total. The number of anilines is 1. The minimum absolute atomic E-state index is 0.0361. The Bertz CT molecular complexity index is 650. The van der Waals surface area contributed by atoms with Gasteiger partial charge in [0.25, 0.3) is 0 Å². The van der Waals surface area contributed by atoms with Crippen LogP contribution >= 0.6 is 11.8 Å². The zero-order valence-electron chi connectivity index (χ0n) is 12.6. The van der Waals surface area contributed by atoms with Gasteiger partial charge < -0.3 is 15.2 Å². The standard InChI is InChI=1S/C15H19N5OS/c1-10(11-7-16-8-11)14(21)18-12-3-5-13(6-4-12)22-15-19-17-9-20(15)2/h3-6,9-11,16H,7-8H2,1-2H3,(H,18,21). The van der Waals surface area contributed by atoms with Crippen LogP contribution in [-0.2, 0) is 11.8 Å². The Kier molecular flexibility index (Phi) is 4.44. The van der Waals surface area contributed by atoms with E-state index in [-0.39, 0.29) is 11.8 Å². The Morgan fingerprint density at radius 1 is 1.41 bits per heavy atom. The SMILES string of the molecule is CC(C(=O)Nc1ccc(Sc2nncn2C)cc1)C1CNC1. The summed E-state index contributed by atoms with van der Waals surface area (Å²) in [7, 11) is 1.91. The summed E-state index contributed by atoms with van der Waals surface area (Å²) < 4.78 is 1.87. The van der Waals surface area contributed by atoms with Gasteiger partial charge in [-0.15, -0.1) is 10.2 Å². The molecule has 1 aromatic carbocycles. The van der Waals surface area contributed by atoms with E-state index in [4.69, 9.17) is 0 Å². The molecule has 1 saturated heterocycles. The summed E-state index contributed by atoms with van der Waals surface area (Å²) in [6, 6.07) is 7.79. The number of hydrogen-bond donors (Lipinski definition) is 2. The quantitative estimate of drug-likeness (QED) is 0.879. The summed E-state index contributed by atoms with van der Waals surface area (Å²) in [5.74, 6) is 0.569. The molecule has 0 aliphatic carbocycles. The van der Waals surface area contributed by atoms with E-state index in [1.165, 1.54) is 0 Å². The lowest BCUT2D eigenvalue weighted by molar-refractivity contribution is -0.121. The molecule has 0 bridgehead atoms. The number of nitrogens with one attached hydrogen (secondary N) is 2. The maximum Gasteiger partial charge on any atom is 0.227 e. The normalized spacial score (nSPS) is 16.1. The zero-order chi connectivity index (χ0) is 15.5. The molecular formula is C15H19N5OS. The van der Waals surface area contributed by atoms with E-state index in [9.17, 15) is 4.79 Å². The van der Waals surface area contributed by atoms with Crippen LogP contribution in [0.3, 0.4) is 0 Å². The fraction of sp³-hybridized carbons (Fsp3) is 0.400. The van der Waals surface area contributed by atoms with Gasteiger partial charge in [-0.2, -0.15) is 0 Å². The summed E-state index contributed by atoms with van der Waals surface area (Å²) in [6.45, 7) is 3.85. The predicted molar refractivity (Wildman–Crippen MR) is 85.7 cm³/mol. The molecule has 2 N–H and O–H groups in total. The molecule has 2 aromatic rings. The Balaban J connectivity index is 1.59. The highest BCUT2D eigenvalue weighted by Gasteiger charge is 2.28. The molecule has 0 spiro atoms. The van der Waals surface area contributed by atoms with Crippen molar-refractivity contribution in [3.05, 3.63) is 30.6 Å². The smallest absolute Gasteiger partial charge is 0.227 e. The van der Waals surface area contributed by atoms with Crippen molar-refractivity contribution in [3.63, 3.8) is 0 Å².